The van der Waals surface area contributed by atoms with Gasteiger partial charge in [0.25, 0.3) is 0 Å². The number of nitrogens with one attached hydrogen (secondary N) is 1. The minimum Gasteiger partial charge on any atom is -0.382 e. The van der Waals surface area contributed by atoms with Crippen LogP contribution in [0.5, 0.6) is 0 Å². The number of fused-ring (bicyclic) bond motifs is 1. The molecule has 0 saturated carbocycles. The van der Waals surface area contributed by atoms with Crippen molar-refractivity contribution in [3.05, 3.63) is 35.1 Å². The number of aryl methyl sites for hydroxylation is 1. The number of nitrogens with two attached hydrogens (primary N) is 1. The van der Waals surface area contributed by atoms with E-state index < -0.39 is 0 Å². The van der Waals surface area contributed by atoms with Gasteiger partial charge in [0.1, 0.15) is 17.7 Å². The molecule has 2 heterocycles. The second-order valence-corrected chi connectivity index (χ2v) is 4.43. The fourth-order valence-corrected chi connectivity index (χ4v) is 2.11. The Morgan fingerprint density at radius 2 is 2.11 bits per heavy atom. The molecule has 0 fully saturated rings. The molecule has 1 aromatic carbocycles. The number of rotatable bonds is 1. The molecule has 3 aromatic rings. The summed E-state index contributed by atoms with van der Waals surface area (Å²) >= 11 is 6.20. The van der Waals surface area contributed by atoms with Gasteiger partial charge in [0.05, 0.1) is 5.02 Å². The Hall–Kier alpha value is -2.14. The highest BCUT2D eigenvalue weighted by atomic mass is 35.5. The van der Waals surface area contributed by atoms with Crippen LogP contribution in [-0.2, 0) is 0 Å². The van der Waals surface area contributed by atoms with Crippen molar-refractivity contribution in [1.82, 2.24) is 19.9 Å². The first-order chi connectivity index (χ1) is 8.65. The maximum Gasteiger partial charge on any atom is 0.183 e. The molecule has 0 aliphatic heterocycles. The molecule has 0 spiro atoms. The first-order valence-corrected chi connectivity index (χ1v) is 5.75. The van der Waals surface area contributed by atoms with Gasteiger partial charge in [0.15, 0.2) is 11.5 Å². The van der Waals surface area contributed by atoms with Crippen molar-refractivity contribution in [1.29, 1.82) is 0 Å². The smallest absolute Gasteiger partial charge is 0.183 e. The van der Waals surface area contributed by atoms with Crippen molar-refractivity contribution in [3.63, 3.8) is 0 Å². The molecule has 90 valence electrons. The predicted octanol–water partition coefficient (Wildman–Crippen LogP) is 2.56. The maximum atomic E-state index is 6.20. The van der Waals surface area contributed by atoms with Gasteiger partial charge in [-0.1, -0.05) is 17.7 Å². The SMILES string of the molecule is Cc1ccc(-c2nc3ncnc(N)c3[nH]2)c(Cl)c1. The Kier molecular flexibility index (Phi) is 2.41. The van der Waals surface area contributed by atoms with Gasteiger partial charge >= 0.3 is 0 Å². The summed E-state index contributed by atoms with van der Waals surface area (Å²) in [6, 6.07) is 5.78. The van der Waals surface area contributed by atoms with E-state index in [1.807, 2.05) is 25.1 Å². The quantitative estimate of drug-likeness (QED) is 0.704. The number of imidazole rings is 1. The Bertz CT molecular complexity index is 734. The van der Waals surface area contributed by atoms with Crippen molar-refractivity contribution in [3.8, 4) is 11.4 Å². The lowest BCUT2D eigenvalue weighted by Crippen LogP contribution is -1.91. The molecule has 0 radical (unpaired) electrons. The number of nitrogens with zero attached hydrogens (tertiary/aromatic N) is 3. The number of H-pyrrole nitrogens is 1. The first kappa shape index (κ1) is 11.0. The van der Waals surface area contributed by atoms with Crippen molar-refractivity contribution in [2.45, 2.75) is 6.92 Å². The molecule has 18 heavy (non-hydrogen) atoms. The minimum atomic E-state index is 0.377. The van der Waals surface area contributed by atoms with E-state index in [2.05, 4.69) is 19.9 Å². The summed E-state index contributed by atoms with van der Waals surface area (Å²) in [4.78, 5) is 15.4. The maximum absolute atomic E-state index is 6.20. The van der Waals surface area contributed by atoms with Gasteiger partial charge in [-0.15, -0.1) is 0 Å². The monoisotopic (exact) mass is 259 g/mol. The number of aromatic nitrogens is 4. The summed E-state index contributed by atoms with van der Waals surface area (Å²) in [7, 11) is 0. The Labute approximate surface area is 108 Å². The van der Waals surface area contributed by atoms with Gasteiger partial charge in [-0.25, -0.2) is 15.0 Å². The van der Waals surface area contributed by atoms with E-state index in [0.717, 1.165) is 11.1 Å². The van der Waals surface area contributed by atoms with Crippen LogP contribution in [0, 0.1) is 6.92 Å². The van der Waals surface area contributed by atoms with Crippen molar-refractivity contribution in [2.75, 3.05) is 5.73 Å². The highest BCUT2D eigenvalue weighted by molar-refractivity contribution is 6.33. The minimum absolute atomic E-state index is 0.377. The average molecular weight is 260 g/mol. The molecule has 5 nitrogen and oxygen atoms in total. The molecule has 3 rings (SSSR count). The van der Waals surface area contributed by atoms with Gasteiger partial charge in [0, 0.05) is 5.56 Å². The van der Waals surface area contributed by atoms with Crippen molar-refractivity contribution in [2.24, 2.45) is 0 Å². The standard InChI is InChI=1S/C12H10ClN5/c1-6-2-3-7(8(13)4-6)11-17-9-10(14)15-5-16-12(9)18-11/h2-5H,1H3,(H3,14,15,16,17,18). The Morgan fingerprint density at radius 3 is 2.83 bits per heavy atom. The van der Waals surface area contributed by atoms with Crippen LogP contribution in [0.1, 0.15) is 5.56 Å². The van der Waals surface area contributed by atoms with E-state index in [1.165, 1.54) is 6.33 Å². The number of benzene rings is 1. The van der Waals surface area contributed by atoms with Gasteiger partial charge < -0.3 is 10.7 Å². The third-order valence-corrected chi connectivity index (χ3v) is 3.01. The Balaban J connectivity index is 2.23. The highest BCUT2D eigenvalue weighted by Crippen LogP contribution is 2.28. The summed E-state index contributed by atoms with van der Waals surface area (Å²) in [5.74, 6) is 1.02. The van der Waals surface area contributed by atoms with Gasteiger partial charge in [-0.05, 0) is 24.6 Å². The second-order valence-electron chi connectivity index (χ2n) is 4.03. The molecule has 0 aliphatic rings. The zero-order valence-corrected chi connectivity index (χ0v) is 10.4. The molecule has 2 aromatic heterocycles. The molecule has 0 atom stereocenters. The number of hydrogen-bond donors (Lipinski definition) is 2. The summed E-state index contributed by atoms with van der Waals surface area (Å²) in [6.07, 6.45) is 1.39. The van der Waals surface area contributed by atoms with Crippen LogP contribution in [0.2, 0.25) is 5.02 Å². The van der Waals surface area contributed by atoms with Crippen molar-refractivity contribution < 1.29 is 0 Å². The average Bonchev–Trinajstić information content (AvgIpc) is 2.74. The lowest BCUT2D eigenvalue weighted by molar-refractivity contribution is 1.21. The van der Waals surface area contributed by atoms with E-state index >= 15 is 0 Å². The van der Waals surface area contributed by atoms with Crippen LogP contribution in [0.25, 0.3) is 22.6 Å². The molecular weight excluding hydrogens is 250 g/mol. The molecule has 6 heteroatoms. The van der Waals surface area contributed by atoms with Gasteiger partial charge in [0.2, 0.25) is 0 Å². The lowest BCUT2D eigenvalue weighted by atomic mass is 10.1. The highest BCUT2D eigenvalue weighted by Gasteiger charge is 2.11. The van der Waals surface area contributed by atoms with Crippen LogP contribution in [0.15, 0.2) is 24.5 Å². The number of aromatic amines is 1. The van der Waals surface area contributed by atoms with E-state index in [4.69, 9.17) is 17.3 Å². The van der Waals surface area contributed by atoms with Crippen LogP contribution >= 0.6 is 11.6 Å². The lowest BCUT2D eigenvalue weighted by Gasteiger charge is -2.01. The number of hydrogen-bond acceptors (Lipinski definition) is 4. The summed E-state index contributed by atoms with van der Waals surface area (Å²) < 4.78 is 0. The van der Waals surface area contributed by atoms with E-state index in [9.17, 15) is 0 Å². The molecule has 0 bridgehead atoms. The van der Waals surface area contributed by atoms with Gasteiger partial charge in [-0.3, -0.25) is 0 Å². The largest absolute Gasteiger partial charge is 0.382 e. The second kappa shape index (κ2) is 3.96. The fraction of sp³-hybridized carbons (Fsp3) is 0.0833. The molecule has 0 unspecified atom stereocenters. The zero-order chi connectivity index (χ0) is 12.7. The van der Waals surface area contributed by atoms with E-state index in [-0.39, 0.29) is 0 Å². The fourth-order valence-electron chi connectivity index (χ4n) is 1.79. The third kappa shape index (κ3) is 1.69. The van der Waals surface area contributed by atoms with E-state index in [1.54, 1.807) is 0 Å². The third-order valence-electron chi connectivity index (χ3n) is 2.70. The van der Waals surface area contributed by atoms with Gasteiger partial charge in [-0.2, -0.15) is 0 Å². The molecule has 0 aliphatic carbocycles. The van der Waals surface area contributed by atoms with Crippen LogP contribution < -0.4 is 5.73 Å². The van der Waals surface area contributed by atoms with Crippen LogP contribution in [0.4, 0.5) is 5.82 Å². The van der Waals surface area contributed by atoms with E-state index in [0.29, 0.717) is 27.8 Å². The Morgan fingerprint density at radius 1 is 1.28 bits per heavy atom. The zero-order valence-electron chi connectivity index (χ0n) is 9.61. The summed E-state index contributed by atoms with van der Waals surface area (Å²) in [6.45, 7) is 1.98. The predicted molar refractivity (Wildman–Crippen MR) is 71.3 cm³/mol. The number of nitrogen functional groups attached to an aromatic ring is 1. The number of anilines is 1. The first-order valence-electron chi connectivity index (χ1n) is 5.38. The summed E-state index contributed by atoms with van der Waals surface area (Å²) in [5, 5.41) is 0.639. The van der Waals surface area contributed by atoms with Crippen molar-refractivity contribution >= 4 is 28.6 Å². The molecule has 0 saturated heterocycles. The molecule has 0 amide bonds. The number of halogens is 1. The summed E-state index contributed by atoms with van der Waals surface area (Å²) in [5.41, 5.74) is 8.84. The normalized spacial score (nSPS) is 11.0. The molecular formula is C12H10ClN5. The molecule has 3 N–H and O–H groups in total. The van der Waals surface area contributed by atoms with Crippen LogP contribution in [-0.4, -0.2) is 19.9 Å². The van der Waals surface area contributed by atoms with Crippen LogP contribution in [0.3, 0.4) is 0 Å². The topological polar surface area (TPSA) is 80.5 Å².